The number of aromatic nitrogens is 3. The Morgan fingerprint density at radius 2 is 1.97 bits per heavy atom. The number of carbonyl (C=O) groups is 1. The molecule has 3 rings (SSSR count). The second kappa shape index (κ2) is 10.8. The van der Waals surface area contributed by atoms with Gasteiger partial charge in [0.05, 0.1) is 5.75 Å². The van der Waals surface area contributed by atoms with Crippen molar-refractivity contribution >= 4 is 35.0 Å². The van der Waals surface area contributed by atoms with Crippen LogP contribution in [0.4, 0.5) is 10.1 Å². The molecule has 1 N–H and O–H groups in total. The van der Waals surface area contributed by atoms with Gasteiger partial charge in [-0.25, -0.2) is 4.39 Å². The maximum Gasteiger partial charge on any atom is 0.234 e. The Hall–Kier alpha value is -2.58. The third kappa shape index (κ3) is 6.23. The number of anilines is 1. The number of para-hydroxylation sites is 1. The van der Waals surface area contributed by atoms with Crippen LogP contribution in [0.15, 0.2) is 47.6 Å². The highest BCUT2D eigenvalue weighted by Gasteiger charge is 2.22. The van der Waals surface area contributed by atoms with E-state index in [0.717, 1.165) is 5.56 Å². The van der Waals surface area contributed by atoms with E-state index >= 15 is 0 Å². The average Bonchev–Trinajstić information content (AvgIpc) is 3.13. The van der Waals surface area contributed by atoms with Crippen molar-refractivity contribution in [3.63, 3.8) is 0 Å². The smallest absolute Gasteiger partial charge is 0.234 e. The molecule has 0 spiro atoms. The molecule has 0 radical (unpaired) electrons. The first-order valence-electron chi connectivity index (χ1n) is 10.3. The molecule has 1 unspecified atom stereocenters. The lowest BCUT2D eigenvalue weighted by molar-refractivity contribution is -0.113. The maximum absolute atomic E-state index is 14.0. The van der Waals surface area contributed by atoms with Crippen LogP contribution in [0.2, 0.25) is 5.02 Å². The molecule has 2 aromatic carbocycles. The van der Waals surface area contributed by atoms with Crippen molar-refractivity contribution in [2.75, 3.05) is 11.1 Å². The van der Waals surface area contributed by atoms with Gasteiger partial charge in [0.1, 0.15) is 0 Å². The summed E-state index contributed by atoms with van der Waals surface area (Å²) >= 11 is 7.32. The van der Waals surface area contributed by atoms with Gasteiger partial charge in [-0.05, 0) is 49.6 Å². The van der Waals surface area contributed by atoms with Crippen molar-refractivity contribution in [2.45, 2.75) is 45.5 Å². The van der Waals surface area contributed by atoms with E-state index in [9.17, 15) is 9.18 Å². The first-order chi connectivity index (χ1) is 15.2. The highest BCUT2D eigenvalue weighted by atomic mass is 35.5. The summed E-state index contributed by atoms with van der Waals surface area (Å²) in [6, 6.07) is 11.6. The summed E-state index contributed by atoms with van der Waals surface area (Å²) in [7, 11) is 0. The van der Waals surface area contributed by atoms with Gasteiger partial charge in [-0.3, -0.25) is 4.79 Å². The number of hydrogen-bond donors (Lipinski definition) is 1. The molecule has 0 aliphatic heterocycles. The molecule has 0 saturated carbocycles. The molecule has 1 aromatic heterocycles. The van der Waals surface area contributed by atoms with Gasteiger partial charge in [0, 0.05) is 17.3 Å². The van der Waals surface area contributed by atoms with Gasteiger partial charge in [0.15, 0.2) is 28.7 Å². The van der Waals surface area contributed by atoms with E-state index in [1.54, 1.807) is 37.3 Å². The highest BCUT2D eigenvalue weighted by Crippen LogP contribution is 2.27. The quantitative estimate of drug-likeness (QED) is 0.389. The highest BCUT2D eigenvalue weighted by molar-refractivity contribution is 7.99. The number of carbonyl (C=O) groups excluding carboxylic acids is 1. The van der Waals surface area contributed by atoms with Crippen molar-refractivity contribution in [2.24, 2.45) is 5.92 Å². The molecular weight excluding hydrogens is 451 g/mol. The molecule has 0 saturated heterocycles. The Bertz CT molecular complexity index is 1090. The zero-order valence-electron chi connectivity index (χ0n) is 18.4. The average molecular weight is 477 g/mol. The van der Waals surface area contributed by atoms with Gasteiger partial charge < -0.3 is 14.6 Å². The van der Waals surface area contributed by atoms with Crippen LogP contribution in [0.25, 0.3) is 0 Å². The SMILES string of the molecule is Cc1ccc(Cl)cc1NC(=O)CSc1nnc(C(C)Oc2ccccc2F)n1CC(C)C. The molecule has 0 aliphatic carbocycles. The lowest BCUT2D eigenvalue weighted by Gasteiger charge is -2.18. The molecule has 170 valence electrons. The predicted octanol–water partition coefficient (Wildman–Crippen LogP) is 5.91. The van der Waals surface area contributed by atoms with Crippen molar-refractivity contribution in [1.82, 2.24) is 14.8 Å². The fourth-order valence-electron chi connectivity index (χ4n) is 3.07. The normalized spacial score (nSPS) is 12.1. The Balaban J connectivity index is 1.72. The number of ether oxygens (including phenoxy) is 1. The van der Waals surface area contributed by atoms with Crippen LogP contribution in [0.3, 0.4) is 0 Å². The standard InChI is InChI=1S/C23H26ClFN4O2S/c1-14(2)12-29-22(16(4)31-20-8-6-5-7-18(20)25)27-28-23(29)32-13-21(30)26-19-11-17(24)10-9-15(19)3/h5-11,14,16H,12-13H2,1-4H3,(H,26,30). The zero-order valence-corrected chi connectivity index (χ0v) is 20.0. The minimum absolute atomic E-state index is 0.157. The largest absolute Gasteiger partial charge is 0.480 e. The van der Waals surface area contributed by atoms with E-state index < -0.39 is 11.9 Å². The minimum atomic E-state index is -0.518. The Labute approximate surface area is 196 Å². The summed E-state index contributed by atoms with van der Waals surface area (Å²) in [5, 5.41) is 12.6. The maximum atomic E-state index is 14.0. The topological polar surface area (TPSA) is 69.0 Å². The van der Waals surface area contributed by atoms with Crippen LogP contribution >= 0.6 is 23.4 Å². The van der Waals surface area contributed by atoms with Crippen LogP contribution < -0.4 is 10.1 Å². The van der Waals surface area contributed by atoms with Crippen molar-refractivity contribution in [3.8, 4) is 5.75 Å². The molecule has 3 aromatic rings. The second-order valence-electron chi connectivity index (χ2n) is 7.83. The fourth-order valence-corrected chi connectivity index (χ4v) is 4.00. The molecule has 0 bridgehead atoms. The molecule has 1 atom stereocenters. The number of nitrogens with zero attached hydrogens (tertiary/aromatic N) is 3. The molecule has 9 heteroatoms. The molecule has 0 aliphatic rings. The molecule has 6 nitrogen and oxygen atoms in total. The number of halogens is 2. The number of nitrogens with one attached hydrogen (secondary N) is 1. The van der Waals surface area contributed by atoms with Gasteiger partial charge in [-0.2, -0.15) is 0 Å². The van der Waals surface area contributed by atoms with Gasteiger partial charge in [-0.15, -0.1) is 10.2 Å². The van der Waals surface area contributed by atoms with E-state index in [0.29, 0.717) is 34.2 Å². The second-order valence-corrected chi connectivity index (χ2v) is 9.21. The summed E-state index contributed by atoms with van der Waals surface area (Å²) in [5.41, 5.74) is 1.61. The van der Waals surface area contributed by atoms with E-state index in [2.05, 4.69) is 29.4 Å². The zero-order chi connectivity index (χ0) is 23.3. The fraction of sp³-hybridized carbons (Fsp3) is 0.348. The first kappa shape index (κ1) is 24.1. The lowest BCUT2D eigenvalue weighted by atomic mass is 10.2. The van der Waals surface area contributed by atoms with E-state index in [4.69, 9.17) is 16.3 Å². The van der Waals surface area contributed by atoms with Gasteiger partial charge in [-0.1, -0.05) is 55.4 Å². The predicted molar refractivity (Wildman–Crippen MR) is 126 cm³/mol. The van der Waals surface area contributed by atoms with Crippen molar-refractivity contribution in [1.29, 1.82) is 0 Å². The monoisotopic (exact) mass is 476 g/mol. The van der Waals surface area contributed by atoms with Crippen LogP contribution in [-0.4, -0.2) is 26.4 Å². The number of amides is 1. The summed E-state index contributed by atoms with van der Waals surface area (Å²) in [5.74, 6) is 0.603. The lowest BCUT2D eigenvalue weighted by Crippen LogP contribution is -2.17. The third-order valence-electron chi connectivity index (χ3n) is 4.60. The van der Waals surface area contributed by atoms with E-state index in [-0.39, 0.29) is 17.4 Å². The van der Waals surface area contributed by atoms with Crippen molar-refractivity contribution < 1.29 is 13.9 Å². The van der Waals surface area contributed by atoms with Crippen molar-refractivity contribution in [3.05, 3.63) is 64.7 Å². The number of rotatable bonds is 9. The third-order valence-corrected chi connectivity index (χ3v) is 5.81. The molecule has 1 amide bonds. The Morgan fingerprint density at radius 1 is 1.22 bits per heavy atom. The number of hydrogen-bond acceptors (Lipinski definition) is 5. The van der Waals surface area contributed by atoms with Gasteiger partial charge in [0.25, 0.3) is 0 Å². The summed E-state index contributed by atoms with van der Waals surface area (Å²) in [6.07, 6.45) is -0.518. The van der Waals surface area contributed by atoms with Crippen LogP contribution in [-0.2, 0) is 11.3 Å². The van der Waals surface area contributed by atoms with Crippen LogP contribution in [0, 0.1) is 18.7 Å². The molecule has 1 heterocycles. The molecule has 32 heavy (non-hydrogen) atoms. The number of aryl methyl sites for hydroxylation is 1. The Morgan fingerprint density at radius 3 is 2.69 bits per heavy atom. The van der Waals surface area contributed by atoms with Gasteiger partial charge in [0.2, 0.25) is 5.91 Å². The van der Waals surface area contributed by atoms with E-state index in [1.165, 1.54) is 17.8 Å². The molecule has 0 fully saturated rings. The number of thioether (sulfide) groups is 1. The summed E-state index contributed by atoms with van der Waals surface area (Å²) in [4.78, 5) is 12.5. The number of benzene rings is 2. The Kier molecular flexibility index (Phi) is 8.15. The van der Waals surface area contributed by atoms with Crippen LogP contribution in [0.1, 0.15) is 38.3 Å². The van der Waals surface area contributed by atoms with E-state index in [1.807, 2.05) is 17.6 Å². The first-order valence-corrected chi connectivity index (χ1v) is 11.6. The summed E-state index contributed by atoms with van der Waals surface area (Å²) in [6.45, 7) is 8.51. The molecular formula is C23H26ClFN4O2S. The summed E-state index contributed by atoms with van der Waals surface area (Å²) < 4.78 is 21.7. The van der Waals surface area contributed by atoms with Gasteiger partial charge >= 0.3 is 0 Å². The van der Waals surface area contributed by atoms with Crippen LogP contribution in [0.5, 0.6) is 5.75 Å². The minimum Gasteiger partial charge on any atom is -0.480 e.